The van der Waals surface area contributed by atoms with Crippen molar-refractivity contribution < 1.29 is 4.79 Å². The normalized spacial score (nSPS) is 35.0. The van der Waals surface area contributed by atoms with Gasteiger partial charge in [-0.1, -0.05) is 54.4 Å². The van der Waals surface area contributed by atoms with Crippen molar-refractivity contribution in [3.8, 4) is 0 Å². The number of rotatable bonds is 5. The van der Waals surface area contributed by atoms with Gasteiger partial charge >= 0.3 is 0 Å². The van der Waals surface area contributed by atoms with Crippen LogP contribution in [-0.4, -0.2) is 16.1 Å². The van der Waals surface area contributed by atoms with E-state index < -0.39 is 0 Å². The van der Waals surface area contributed by atoms with Crippen LogP contribution in [0.3, 0.4) is 0 Å². The molecule has 1 aromatic heterocycles. The maximum Gasteiger partial charge on any atom is 0.168 e. The molecule has 0 spiro atoms. The summed E-state index contributed by atoms with van der Waals surface area (Å²) >= 11 is 0. The second-order valence-electron chi connectivity index (χ2n) is 10.4. The number of nitrogens with zero attached hydrogens (tertiary/aromatic N) is 2. The largest absolute Gasteiger partial charge is 0.296 e. The van der Waals surface area contributed by atoms with Crippen molar-refractivity contribution in [2.75, 3.05) is 0 Å². The minimum absolute atomic E-state index is 0.376. The number of aldehydes is 1. The molecule has 0 bridgehead atoms. The van der Waals surface area contributed by atoms with E-state index in [2.05, 4.69) is 52.3 Å². The van der Waals surface area contributed by atoms with E-state index >= 15 is 0 Å². The maximum atomic E-state index is 11.9. The van der Waals surface area contributed by atoms with Gasteiger partial charge in [-0.3, -0.25) is 9.48 Å². The number of carbonyl (C=O) groups is 1. The van der Waals surface area contributed by atoms with Crippen LogP contribution in [0.15, 0.2) is 6.07 Å². The molecule has 3 rings (SSSR count). The second kappa shape index (κ2) is 8.49. The Balaban J connectivity index is 1.95. The quantitative estimate of drug-likeness (QED) is 0.553. The molecule has 3 heteroatoms. The third kappa shape index (κ3) is 4.32. The average molecular weight is 373 g/mol. The van der Waals surface area contributed by atoms with Crippen molar-refractivity contribution in [2.45, 2.75) is 92.0 Å². The Labute approximate surface area is 166 Å². The van der Waals surface area contributed by atoms with Crippen LogP contribution in [0.5, 0.6) is 0 Å². The van der Waals surface area contributed by atoms with Crippen LogP contribution in [0.25, 0.3) is 0 Å². The maximum absolute atomic E-state index is 11.9. The molecule has 0 N–H and O–H groups in total. The third-order valence-corrected chi connectivity index (χ3v) is 7.61. The van der Waals surface area contributed by atoms with Gasteiger partial charge in [-0.25, -0.2) is 0 Å². The van der Waals surface area contributed by atoms with Crippen LogP contribution in [0.2, 0.25) is 0 Å². The lowest BCUT2D eigenvalue weighted by atomic mass is 9.69. The predicted molar refractivity (Wildman–Crippen MR) is 112 cm³/mol. The summed E-state index contributed by atoms with van der Waals surface area (Å²) in [6, 6.07) is 2.50. The molecule has 2 saturated carbocycles. The smallest absolute Gasteiger partial charge is 0.168 e. The molecule has 6 unspecified atom stereocenters. The molecule has 0 aliphatic heterocycles. The van der Waals surface area contributed by atoms with E-state index in [0.717, 1.165) is 30.2 Å². The van der Waals surface area contributed by atoms with Gasteiger partial charge in [0.25, 0.3) is 0 Å². The van der Waals surface area contributed by atoms with Crippen LogP contribution >= 0.6 is 0 Å². The average Bonchev–Trinajstić information content (AvgIpc) is 3.05. The number of hydrogen-bond acceptors (Lipinski definition) is 2. The molecule has 0 saturated heterocycles. The van der Waals surface area contributed by atoms with Gasteiger partial charge in [-0.05, 0) is 67.3 Å². The summed E-state index contributed by atoms with van der Waals surface area (Å²) in [5, 5.41) is 5.15. The highest BCUT2D eigenvalue weighted by molar-refractivity contribution is 5.72. The van der Waals surface area contributed by atoms with Gasteiger partial charge in [0.15, 0.2) is 6.29 Å². The molecule has 2 aliphatic carbocycles. The zero-order valence-corrected chi connectivity index (χ0v) is 18.3. The van der Waals surface area contributed by atoms with Gasteiger partial charge in [-0.15, -0.1) is 0 Å². The number of carbonyl (C=O) groups excluding carboxylic acids is 1. The predicted octanol–water partition coefficient (Wildman–Crippen LogP) is 6.50. The Morgan fingerprint density at radius 1 is 0.963 bits per heavy atom. The Morgan fingerprint density at radius 3 is 2.15 bits per heavy atom. The molecule has 1 aromatic rings. The summed E-state index contributed by atoms with van der Waals surface area (Å²) in [5.41, 5.74) is 1.98. The molecular weight excluding hydrogens is 332 g/mol. The lowest BCUT2D eigenvalue weighted by Crippen LogP contribution is -2.32. The first kappa shape index (κ1) is 20.6. The summed E-state index contributed by atoms with van der Waals surface area (Å²) in [7, 11) is 0. The minimum atomic E-state index is 0.376. The first-order chi connectivity index (χ1) is 12.8. The molecule has 0 aromatic carbocycles. The molecule has 27 heavy (non-hydrogen) atoms. The van der Waals surface area contributed by atoms with E-state index in [-0.39, 0.29) is 0 Å². The number of hydrogen-bond donors (Lipinski definition) is 0. The molecule has 152 valence electrons. The Kier molecular flexibility index (Phi) is 6.48. The third-order valence-electron chi connectivity index (χ3n) is 7.61. The van der Waals surface area contributed by atoms with Crippen LogP contribution in [0.1, 0.15) is 108 Å². The summed E-state index contributed by atoms with van der Waals surface area (Å²) in [6.07, 6.45) is 8.60. The summed E-state index contributed by atoms with van der Waals surface area (Å²) < 4.78 is 2.14. The first-order valence-corrected chi connectivity index (χ1v) is 11.4. The zero-order chi connectivity index (χ0) is 19.7. The lowest BCUT2D eigenvalue weighted by molar-refractivity contribution is 0.107. The standard InChI is InChI=1S/C24H40N2O/c1-15(2)20-9-7-17(5)11-22(20)23-13-19(14-27)26(25-23)24-12-18(6)8-10-21(24)16(3)4/h13-18,20-22,24H,7-12H2,1-6H3. The minimum Gasteiger partial charge on any atom is -0.296 e. The topological polar surface area (TPSA) is 34.9 Å². The van der Waals surface area contributed by atoms with Crippen LogP contribution in [0.4, 0.5) is 0 Å². The molecule has 2 fully saturated rings. The van der Waals surface area contributed by atoms with Crippen LogP contribution in [0, 0.1) is 35.5 Å². The molecular formula is C24H40N2O. The van der Waals surface area contributed by atoms with Crippen LogP contribution < -0.4 is 0 Å². The van der Waals surface area contributed by atoms with E-state index in [1.165, 1.54) is 37.8 Å². The molecule has 0 radical (unpaired) electrons. The van der Waals surface area contributed by atoms with Crippen molar-refractivity contribution in [3.63, 3.8) is 0 Å². The van der Waals surface area contributed by atoms with Crippen molar-refractivity contribution in [2.24, 2.45) is 35.5 Å². The van der Waals surface area contributed by atoms with Crippen molar-refractivity contribution in [1.29, 1.82) is 0 Å². The molecule has 0 amide bonds. The van der Waals surface area contributed by atoms with Gasteiger partial charge in [-0.2, -0.15) is 5.10 Å². The van der Waals surface area contributed by atoms with Gasteiger partial charge in [0.2, 0.25) is 0 Å². The van der Waals surface area contributed by atoms with Gasteiger partial charge < -0.3 is 0 Å². The molecule has 6 atom stereocenters. The molecule has 3 nitrogen and oxygen atoms in total. The highest BCUT2D eigenvalue weighted by atomic mass is 16.1. The lowest BCUT2D eigenvalue weighted by Gasteiger charge is -2.38. The van der Waals surface area contributed by atoms with E-state index in [0.29, 0.717) is 35.6 Å². The van der Waals surface area contributed by atoms with E-state index in [1.807, 2.05) is 0 Å². The summed E-state index contributed by atoms with van der Waals surface area (Å²) in [4.78, 5) is 11.9. The van der Waals surface area contributed by atoms with Crippen molar-refractivity contribution in [3.05, 3.63) is 17.5 Å². The Bertz CT molecular complexity index is 632. The fourth-order valence-electron chi connectivity index (χ4n) is 5.94. The monoisotopic (exact) mass is 372 g/mol. The highest BCUT2D eigenvalue weighted by Crippen LogP contribution is 2.45. The Morgan fingerprint density at radius 2 is 1.56 bits per heavy atom. The fourth-order valence-corrected chi connectivity index (χ4v) is 5.94. The van der Waals surface area contributed by atoms with Gasteiger partial charge in [0, 0.05) is 5.92 Å². The van der Waals surface area contributed by atoms with Crippen molar-refractivity contribution in [1.82, 2.24) is 9.78 Å². The van der Waals surface area contributed by atoms with Gasteiger partial charge in [0.05, 0.1) is 11.7 Å². The second-order valence-corrected chi connectivity index (χ2v) is 10.4. The SMILES string of the molecule is CC1CCC(C(C)C)C(c2cc(C=O)n(C3CC(C)CCC3C(C)C)n2)C1. The fraction of sp³-hybridized carbons (Fsp3) is 0.833. The van der Waals surface area contributed by atoms with Gasteiger partial charge in [0.1, 0.15) is 5.69 Å². The summed E-state index contributed by atoms with van der Waals surface area (Å²) in [5.74, 6) is 4.60. The highest BCUT2D eigenvalue weighted by Gasteiger charge is 2.37. The van der Waals surface area contributed by atoms with E-state index in [9.17, 15) is 4.79 Å². The van der Waals surface area contributed by atoms with E-state index in [4.69, 9.17) is 5.10 Å². The van der Waals surface area contributed by atoms with Crippen molar-refractivity contribution >= 4 is 6.29 Å². The zero-order valence-electron chi connectivity index (χ0n) is 18.3. The van der Waals surface area contributed by atoms with E-state index in [1.54, 1.807) is 0 Å². The summed E-state index contributed by atoms with van der Waals surface area (Å²) in [6.45, 7) is 14.1. The van der Waals surface area contributed by atoms with Crippen LogP contribution in [-0.2, 0) is 0 Å². The molecule has 1 heterocycles. The molecule has 2 aliphatic rings. The Hall–Kier alpha value is -1.12. The first-order valence-electron chi connectivity index (χ1n) is 11.4. The number of aromatic nitrogens is 2.